The van der Waals surface area contributed by atoms with Crippen LogP contribution in [0.2, 0.25) is 0 Å². The Kier molecular flexibility index (Phi) is 6.88. The zero-order valence-electron chi connectivity index (χ0n) is 6.58. The van der Waals surface area contributed by atoms with Crippen LogP contribution in [-0.4, -0.2) is 13.3 Å². The summed E-state index contributed by atoms with van der Waals surface area (Å²) in [5, 5.41) is 0. The normalized spacial score (nSPS) is 13.5. The van der Waals surface area contributed by atoms with Crippen molar-refractivity contribution in [2.24, 2.45) is 5.92 Å². The molecule has 0 aromatic carbocycles. The average Bonchev–Trinajstić information content (AvgIpc) is 1.99. The zero-order valence-corrected chi connectivity index (χ0v) is 6.58. The van der Waals surface area contributed by atoms with E-state index in [-0.39, 0.29) is 19.3 Å². The largest absolute Gasteiger partial charge is 0.251 e. The molecule has 0 heterocycles. The number of hydrogen-bond acceptors (Lipinski definition) is 0. The van der Waals surface area contributed by atoms with Crippen LogP contribution in [-0.2, 0) is 0 Å². The summed E-state index contributed by atoms with van der Waals surface area (Å²) < 4.78 is 23.5. The fraction of sp³-hybridized carbons (Fsp3) is 1.00. The number of unbranched alkanes of at least 4 members (excludes halogenated alkanes) is 1. The third kappa shape index (κ3) is 4.71. The Morgan fingerprint density at radius 1 is 1.20 bits per heavy atom. The number of halogens is 2. The van der Waals surface area contributed by atoms with Crippen LogP contribution in [0.25, 0.3) is 0 Å². The minimum atomic E-state index is -0.261. The summed E-state index contributed by atoms with van der Waals surface area (Å²) >= 11 is 0. The Hall–Kier alpha value is -0.140. The lowest BCUT2D eigenvalue weighted by molar-refractivity contribution is 0.321. The van der Waals surface area contributed by atoms with Gasteiger partial charge in [-0.2, -0.15) is 0 Å². The van der Waals surface area contributed by atoms with Crippen molar-refractivity contribution in [1.29, 1.82) is 0 Å². The molecule has 0 radical (unpaired) electrons. The molecule has 0 rings (SSSR count). The molecular weight excluding hydrogens is 134 g/mol. The summed E-state index contributed by atoms with van der Waals surface area (Å²) in [4.78, 5) is 0. The van der Waals surface area contributed by atoms with Gasteiger partial charge >= 0.3 is 0 Å². The lowest BCUT2D eigenvalue weighted by atomic mass is 10.0. The van der Waals surface area contributed by atoms with Gasteiger partial charge in [-0.25, -0.2) is 0 Å². The maximum atomic E-state index is 12.0. The summed E-state index contributed by atoms with van der Waals surface area (Å²) in [6.45, 7) is 1.46. The predicted octanol–water partition coefficient (Wildman–Crippen LogP) is 3.12. The molecule has 0 aliphatic carbocycles. The molecule has 0 aromatic rings. The van der Waals surface area contributed by atoms with E-state index in [4.69, 9.17) is 0 Å². The van der Waals surface area contributed by atoms with Crippen molar-refractivity contribution in [2.75, 3.05) is 13.3 Å². The molecule has 1 atom stereocenters. The van der Waals surface area contributed by atoms with Crippen molar-refractivity contribution in [3.63, 3.8) is 0 Å². The smallest absolute Gasteiger partial charge is 0.0922 e. The monoisotopic (exact) mass is 150 g/mol. The van der Waals surface area contributed by atoms with Crippen LogP contribution in [0, 0.1) is 5.92 Å². The molecule has 2 heteroatoms. The maximum absolute atomic E-state index is 12.0. The minimum absolute atomic E-state index is 0.173. The van der Waals surface area contributed by atoms with Gasteiger partial charge in [0.1, 0.15) is 0 Å². The fourth-order valence-corrected chi connectivity index (χ4v) is 0.918. The van der Waals surface area contributed by atoms with E-state index in [2.05, 4.69) is 0 Å². The predicted molar refractivity (Wildman–Crippen MR) is 39.6 cm³/mol. The number of rotatable bonds is 6. The molecular formula is C8H16F2. The molecule has 0 saturated heterocycles. The standard InChI is InChI=1S/C8H16F2/c1-2-8(7-10)5-3-4-6-9/h8H,2-7H2,1H3. The van der Waals surface area contributed by atoms with Crippen LogP contribution in [0.4, 0.5) is 8.78 Å². The lowest BCUT2D eigenvalue weighted by Gasteiger charge is -2.07. The van der Waals surface area contributed by atoms with Crippen molar-refractivity contribution >= 4 is 0 Å². The molecule has 0 nitrogen and oxygen atoms in total. The quantitative estimate of drug-likeness (QED) is 0.510. The van der Waals surface area contributed by atoms with E-state index in [9.17, 15) is 8.78 Å². The highest BCUT2D eigenvalue weighted by Gasteiger charge is 2.03. The molecule has 0 aliphatic rings. The van der Waals surface area contributed by atoms with Gasteiger partial charge in [0.15, 0.2) is 0 Å². The first-order chi connectivity index (χ1) is 4.85. The van der Waals surface area contributed by atoms with Gasteiger partial charge in [0.25, 0.3) is 0 Å². The third-order valence-electron chi connectivity index (χ3n) is 1.79. The van der Waals surface area contributed by atoms with E-state index in [1.54, 1.807) is 0 Å². The number of hydrogen-bond donors (Lipinski definition) is 0. The fourth-order valence-electron chi connectivity index (χ4n) is 0.918. The minimum Gasteiger partial charge on any atom is -0.251 e. The first-order valence-corrected chi connectivity index (χ1v) is 3.97. The van der Waals surface area contributed by atoms with Crippen LogP contribution < -0.4 is 0 Å². The summed E-state index contributed by atoms with van der Waals surface area (Å²) in [5.74, 6) is 0.173. The molecule has 0 saturated carbocycles. The first-order valence-electron chi connectivity index (χ1n) is 3.97. The zero-order chi connectivity index (χ0) is 7.82. The molecule has 0 bridgehead atoms. The number of alkyl halides is 2. The van der Waals surface area contributed by atoms with Crippen molar-refractivity contribution in [1.82, 2.24) is 0 Å². The molecule has 0 aliphatic heterocycles. The van der Waals surface area contributed by atoms with E-state index < -0.39 is 0 Å². The van der Waals surface area contributed by atoms with Gasteiger partial charge in [0.05, 0.1) is 13.3 Å². The Morgan fingerprint density at radius 3 is 2.30 bits per heavy atom. The first kappa shape index (κ1) is 9.86. The van der Waals surface area contributed by atoms with Gasteiger partial charge < -0.3 is 0 Å². The van der Waals surface area contributed by atoms with E-state index >= 15 is 0 Å². The van der Waals surface area contributed by atoms with Gasteiger partial charge in [-0.15, -0.1) is 0 Å². The van der Waals surface area contributed by atoms with E-state index in [1.807, 2.05) is 6.92 Å². The average molecular weight is 150 g/mol. The lowest BCUT2D eigenvalue weighted by Crippen LogP contribution is -2.00. The van der Waals surface area contributed by atoms with Gasteiger partial charge in [-0.3, -0.25) is 8.78 Å². The molecule has 0 spiro atoms. The molecule has 1 unspecified atom stereocenters. The summed E-state index contributed by atoms with van der Waals surface area (Å²) in [6.07, 6.45) is 3.15. The third-order valence-corrected chi connectivity index (χ3v) is 1.79. The van der Waals surface area contributed by atoms with Crippen molar-refractivity contribution in [3.05, 3.63) is 0 Å². The molecule has 0 aromatic heterocycles. The Labute approximate surface area is 61.6 Å². The topological polar surface area (TPSA) is 0 Å². The molecule has 0 amide bonds. The second-order valence-electron chi connectivity index (χ2n) is 2.61. The molecule has 0 N–H and O–H groups in total. The van der Waals surface area contributed by atoms with Gasteiger partial charge in [0, 0.05) is 0 Å². The Balaban J connectivity index is 3.09. The van der Waals surface area contributed by atoms with Gasteiger partial charge in [-0.1, -0.05) is 19.8 Å². The van der Waals surface area contributed by atoms with Crippen LogP contribution >= 0.6 is 0 Å². The highest BCUT2D eigenvalue weighted by Crippen LogP contribution is 2.12. The second-order valence-corrected chi connectivity index (χ2v) is 2.61. The summed E-state index contributed by atoms with van der Waals surface area (Å²) in [6, 6.07) is 0. The van der Waals surface area contributed by atoms with Crippen molar-refractivity contribution in [2.45, 2.75) is 32.6 Å². The van der Waals surface area contributed by atoms with Crippen molar-refractivity contribution < 1.29 is 8.78 Å². The molecule has 10 heavy (non-hydrogen) atoms. The molecule has 0 fully saturated rings. The Morgan fingerprint density at radius 2 is 1.90 bits per heavy atom. The van der Waals surface area contributed by atoms with Crippen LogP contribution in [0.15, 0.2) is 0 Å². The van der Waals surface area contributed by atoms with Crippen LogP contribution in [0.3, 0.4) is 0 Å². The summed E-state index contributed by atoms with van der Waals surface area (Å²) in [7, 11) is 0. The van der Waals surface area contributed by atoms with Crippen LogP contribution in [0.1, 0.15) is 32.6 Å². The van der Waals surface area contributed by atoms with E-state index in [0.29, 0.717) is 6.42 Å². The second kappa shape index (κ2) is 6.97. The maximum Gasteiger partial charge on any atom is 0.0922 e. The van der Waals surface area contributed by atoms with E-state index in [0.717, 1.165) is 19.3 Å². The summed E-state index contributed by atoms with van der Waals surface area (Å²) in [5.41, 5.74) is 0. The molecule has 62 valence electrons. The van der Waals surface area contributed by atoms with Gasteiger partial charge in [0.2, 0.25) is 0 Å². The van der Waals surface area contributed by atoms with Gasteiger partial charge in [-0.05, 0) is 18.8 Å². The van der Waals surface area contributed by atoms with Crippen LogP contribution in [0.5, 0.6) is 0 Å². The highest BCUT2D eigenvalue weighted by atomic mass is 19.1. The van der Waals surface area contributed by atoms with Crippen molar-refractivity contribution in [3.8, 4) is 0 Å². The van der Waals surface area contributed by atoms with E-state index in [1.165, 1.54) is 0 Å². The highest BCUT2D eigenvalue weighted by molar-refractivity contribution is 4.54. The Bertz CT molecular complexity index is 60.3. The SMILES string of the molecule is CCC(CF)CCCCF.